The normalized spacial score (nSPS) is 11.4. The highest BCUT2D eigenvalue weighted by Crippen LogP contribution is 2.60. The van der Waals surface area contributed by atoms with Crippen LogP contribution < -0.4 is 0 Å². The van der Waals surface area contributed by atoms with Crippen molar-refractivity contribution in [3.05, 3.63) is 75.5 Å². The number of benzene rings is 2. The minimum Gasteiger partial charge on any atom is -0.320 e. The van der Waals surface area contributed by atoms with Crippen molar-refractivity contribution < 1.29 is 23.1 Å². The van der Waals surface area contributed by atoms with Gasteiger partial charge in [0, 0.05) is 38.8 Å². The van der Waals surface area contributed by atoms with Gasteiger partial charge in [-0.25, -0.2) is 9.97 Å². The van der Waals surface area contributed by atoms with Gasteiger partial charge in [0.15, 0.2) is 5.16 Å². The lowest BCUT2D eigenvalue weighted by molar-refractivity contribution is 0.0557. The minimum absolute atomic E-state index is 0. The summed E-state index contributed by atoms with van der Waals surface area (Å²) < 4.78 is 38.7. The number of alkyl halides is 2. The Morgan fingerprint density at radius 2 is 1.71 bits per heavy atom. The quantitative estimate of drug-likeness (QED) is 0.189. The predicted octanol–water partition coefficient (Wildman–Crippen LogP) is 7.35. The molecule has 0 aliphatic rings. The first-order valence-electron chi connectivity index (χ1n) is 8.01. The second-order valence-corrected chi connectivity index (χ2v) is 9.84. The van der Waals surface area contributed by atoms with Gasteiger partial charge in [0.05, 0.1) is 0 Å². The lowest BCUT2D eigenvalue weighted by Gasteiger charge is -2.19. The van der Waals surface area contributed by atoms with E-state index in [0.29, 0.717) is 21.5 Å². The number of nitrogens with zero attached hydrogens (tertiary/aromatic N) is 2. The van der Waals surface area contributed by atoms with E-state index < -0.39 is 18.8 Å². The molecular formula is C20H21BrClF2N2O3PS. The smallest absolute Gasteiger partial charge is 0.320 e. The Labute approximate surface area is 197 Å². The molecule has 0 bridgehead atoms. The third kappa shape index (κ3) is 6.57. The monoisotopic (exact) mass is 552 g/mol. The standard InChI is InChI=1S/C18H13BrClF2N2O3PS.2CH4/c19-16-6-11(4-5-15(16)18(21,22)28(25,26)27)10-29-17-23-8-13(9-24-17)12-2-1-3-14(20)7-12;;/h1-9H,10H2,(H2,25,26,27);2*1H4. The van der Waals surface area contributed by atoms with Crippen molar-refractivity contribution >= 4 is 46.9 Å². The Balaban J connectivity index is 0.00000240. The van der Waals surface area contributed by atoms with E-state index in [-0.39, 0.29) is 19.3 Å². The van der Waals surface area contributed by atoms with E-state index in [4.69, 9.17) is 21.4 Å². The van der Waals surface area contributed by atoms with Gasteiger partial charge in [-0.1, -0.05) is 78.4 Å². The summed E-state index contributed by atoms with van der Waals surface area (Å²) in [6, 6.07) is 11.1. The molecule has 1 heterocycles. The molecule has 2 aromatic carbocycles. The zero-order valence-electron chi connectivity index (χ0n) is 14.5. The highest BCUT2D eigenvalue weighted by atomic mass is 79.9. The van der Waals surface area contributed by atoms with Crippen LogP contribution in [0.4, 0.5) is 8.78 Å². The van der Waals surface area contributed by atoms with Gasteiger partial charge in [-0.3, -0.25) is 4.57 Å². The first kappa shape index (κ1) is 27.7. The van der Waals surface area contributed by atoms with Crippen LogP contribution in [0.2, 0.25) is 5.02 Å². The number of thioether (sulfide) groups is 1. The maximum atomic E-state index is 13.9. The van der Waals surface area contributed by atoms with Gasteiger partial charge >= 0.3 is 13.3 Å². The number of hydrogen-bond acceptors (Lipinski definition) is 4. The average molecular weight is 554 g/mol. The lowest BCUT2D eigenvalue weighted by atomic mass is 10.1. The summed E-state index contributed by atoms with van der Waals surface area (Å²) >= 11 is 10.2. The summed E-state index contributed by atoms with van der Waals surface area (Å²) in [6.07, 6.45) is 3.33. The van der Waals surface area contributed by atoms with Crippen LogP contribution in [-0.2, 0) is 16.0 Å². The zero-order valence-corrected chi connectivity index (χ0v) is 18.5. The molecule has 3 rings (SSSR count). The molecule has 0 unspecified atom stereocenters. The molecule has 168 valence electrons. The van der Waals surface area contributed by atoms with Gasteiger partial charge in [-0.2, -0.15) is 8.78 Å². The fourth-order valence-corrected chi connectivity index (χ4v) is 4.66. The molecule has 0 spiro atoms. The Kier molecular flexibility index (Phi) is 9.81. The van der Waals surface area contributed by atoms with Gasteiger partial charge in [-0.05, 0) is 29.3 Å². The first-order valence-corrected chi connectivity index (χ1v) is 11.8. The van der Waals surface area contributed by atoms with Crippen molar-refractivity contribution in [1.82, 2.24) is 9.97 Å². The summed E-state index contributed by atoms with van der Waals surface area (Å²) in [5.74, 6) is 0.386. The molecule has 5 nitrogen and oxygen atoms in total. The first-order chi connectivity index (χ1) is 13.6. The summed E-state index contributed by atoms with van der Waals surface area (Å²) in [6.45, 7) is 0. The molecular weight excluding hydrogens is 533 g/mol. The van der Waals surface area contributed by atoms with Crippen molar-refractivity contribution in [1.29, 1.82) is 0 Å². The van der Waals surface area contributed by atoms with E-state index in [2.05, 4.69) is 25.9 Å². The molecule has 11 heteroatoms. The van der Waals surface area contributed by atoms with E-state index in [0.717, 1.165) is 17.2 Å². The van der Waals surface area contributed by atoms with Gasteiger partial charge in [0.25, 0.3) is 0 Å². The third-order valence-electron chi connectivity index (χ3n) is 3.88. The number of aromatic nitrogens is 2. The molecule has 0 aliphatic heterocycles. The fraction of sp³-hybridized carbons (Fsp3) is 0.200. The molecule has 2 N–H and O–H groups in total. The van der Waals surface area contributed by atoms with Gasteiger partial charge in [-0.15, -0.1) is 0 Å². The van der Waals surface area contributed by atoms with Crippen molar-refractivity contribution in [2.24, 2.45) is 0 Å². The van der Waals surface area contributed by atoms with Crippen LogP contribution in [0.15, 0.2) is 64.5 Å². The molecule has 0 fully saturated rings. The van der Waals surface area contributed by atoms with Gasteiger partial charge in [0.1, 0.15) is 0 Å². The molecule has 31 heavy (non-hydrogen) atoms. The van der Waals surface area contributed by atoms with Crippen LogP contribution in [0.3, 0.4) is 0 Å². The van der Waals surface area contributed by atoms with E-state index in [9.17, 15) is 13.3 Å². The van der Waals surface area contributed by atoms with Crippen LogP contribution in [-0.4, -0.2) is 19.8 Å². The number of halogens is 4. The van der Waals surface area contributed by atoms with Crippen LogP contribution in [0, 0.1) is 0 Å². The molecule has 0 saturated carbocycles. The van der Waals surface area contributed by atoms with E-state index in [1.54, 1.807) is 24.5 Å². The second-order valence-electron chi connectivity index (χ2n) is 5.95. The van der Waals surface area contributed by atoms with E-state index in [1.807, 2.05) is 12.1 Å². The predicted molar refractivity (Wildman–Crippen MR) is 126 cm³/mol. The van der Waals surface area contributed by atoms with Crippen LogP contribution in [0.5, 0.6) is 0 Å². The van der Waals surface area contributed by atoms with E-state index >= 15 is 0 Å². The highest BCUT2D eigenvalue weighted by Gasteiger charge is 2.51. The summed E-state index contributed by atoms with van der Waals surface area (Å²) in [5.41, 5.74) is -2.67. The highest BCUT2D eigenvalue weighted by molar-refractivity contribution is 9.10. The summed E-state index contributed by atoms with van der Waals surface area (Å²) in [5, 5.41) is 1.11. The van der Waals surface area contributed by atoms with Gasteiger partial charge in [0.2, 0.25) is 0 Å². The SMILES string of the molecule is C.C.O=P(O)(O)C(F)(F)c1ccc(CSc2ncc(-c3cccc(Cl)c3)cn2)cc1Br. The van der Waals surface area contributed by atoms with Crippen molar-refractivity contribution in [3.8, 4) is 11.1 Å². The van der Waals surface area contributed by atoms with Crippen LogP contribution in [0.1, 0.15) is 26.0 Å². The van der Waals surface area contributed by atoms with Crippen molar-refractivity contribution in [2.75, 3.05) is 0 Å². The van der Waals surface area contributed by atoms with Crippen molar-refractivity contribution in [3.63, 3.8) is 0 Å². The number of hydrogen-bond donors (Lipinski definition) is 2. The lowest BCUT2D eigenvalue weighted by Crippen LogP contribution is -2.14. The molecule has 0 aliphatic carbocycles. The summed E-state index contributed by atoms with van der Waals surface area (Å²) in [7, 11) is -5.63. The molecule has 0 amide bonds. The fourth-order valence-electron chi connectivity index (χ4n) is 2.40. The largest absolute Gasteiger partial charge is 0.399 e. The molecule has 0 atom stereocenters. The minimum atomic E-state index is -5.63. The van der Waals surface area contributed by atoms with Crippen LogP contribution in [0.25, 0.3) is 11.1 Å². The molecule has 0 saturated heterocycles. The molecule has 0 radical (unpaired) electrons. The Morgan fingerprint density at radius 3 is 2.26 bits per heavy atom. The maximum Gasteiger partial charge on any atom is 0.399 e. The zero-order chi connectivity index (χ0) is 21.2. The third-order valence-corrected chi connectivity index (χ3v) is 6.69. The number of rotatable bonds is 6. The second kappa shape index (κ2) is 11.0. The summed E-state index contributed by atoms with van der Waals surface area (Å²) in [4.78, 5) is 26.3. The molecule has 1 aromatic heterocycles. The Hall–Kier alpha value is -1.35. The Bertz CT molecular complexity index is 1080. The van der Waals surface area contributed by atoms with E-state index in [1.165, 1.54) is 23.9 Å². The Morgan fingerprint density at radius 1 is 1.06 bits per heavy atom. The van der Waals surface area contributed by atoms with Gasteiger partial charge < -0.3 is 9.79 Å². The average Bonchev–Trinajstić information content (AvgIpc) is 2.66. The topological polar surface area (TPSA) is 83.3 Å². The van der Waals surface area contributed by atoms with Crippen LogP contribution >= 0.6 is 46.9 Å². The maximum absolute atomic E-state index is 13.9. The molecule has 3 aromatic rings. The van der Waals surface area contributed by atoms with Crippen molar-refractivity contribution in [2.45, 2.75) is 31.4 Å².